The average molecular weight is 119 g/mol. The lowest BCUT2D eigenvalue weighted by Crippen LogP contribution is -2.63. The van der Waals surface area contributed by atoms with Gasteiger partial charge < -0.3 is 0 Å². The van der Waals surface area contributed by atoms with E-state index in [1.165, 1.54) is 7.06 Å². The molecule has 0 atom stereocenters. The van der Waals surface area contributed by atoms with Crippen molar-refractivity contribution >= 4 is 79.0 Å². The molecule has 0 unspecified atom stereocenters. The molecular weight excluding hydrogens is 119 g/mol. The van der Waals surface area contributed by atoms with Gasteiger partial charge in [0.15, 0.2) is 0 Å². The second-order valence-electron chi connectivity index (χ2n) is 2.50. The maximum absolute atomic E-state index is 5.52. The van der Waals surface area contributed by atoms with Crippen LogP contribution in [-0.4, -0.2) is 79.0 Å². The Morgan fingerprint density at radius 1 is 0.818 bits per heavy atom. The Hall–Kier alpha value is 0.714. The van der Waals surface area contributed by atoms with Crippen LogP contribution in [0.5, 0.6) is 0 Å². The molecule has 0 aromatic carbocycles. The van der Waals surface area contributed by atoms with Gasteiger partial charge in [-0.1, -0.05) is 0 Å². The predicted molar refractivity (Wildman–Crippen MR) is 63.3 cm³/mol. The van der Waals surface area contributed by atoms with Crippen molar-refractivity contribution in [2.24, 2.45) is 0 Å². The summed E-state index contributed by atoms with van der Waals surface area (Å²) in [6, 6.07) is 0. The van der Waals surface area contributed by atoms with Crippen molar-refractivity contribution in [3.63, 3.8) is 0 Å². The fraction of sp³-hybridized carbons (Fsp3) is 0. The van der Waals surface area contributed by atoms with Gasteiger partial charge in [-0.2, -0.15) is 0 Å². The Balaban J connectivity index is 4.09. The zero-order chi connectivity index (χ0) is 9.02. The van der Waals surface area contributed by atoms with Crippen LogP contribution in [0.2, 0.25) is 0 Å². The summed E-state index contributed by atoms with van der Waals surface area (Å²) in [5, 5.41) is 0. The van der Waals surface area contributed by atoms with Crippen LogP contribution in [0, 0.1) is 0 Å². The van der Waals surface area contributed by atoms with Gasteiger partial charge in [0.05, 0.1) is 0 Å². The van der Waals surface area contributed by atoms with Crippen molar-refractivity contribution in [3.05, 3.63) is 0 Å². The molecule has 11 heavy (non-hydrogen) atoms. The van der Waals surface area contributed by atoms with E-state index in [1.54, 1.807) is 0 Å². The number of hydrogen-bond acceptors (Lipinski definition) is 0. The van der Waals surface area contributed by atoms with E-state index in [2.05, 4.69) is 0 Å². The molecule has 0 bridgehead atoms. The molecule has 0 aliphatic carbocycles. The molecule has 0 aliphatic heterocycles. The molecule has 0 rings (SSSR count). The van der Waals surface area contributed by atoms with Gasteiger partial charge in [-0.25, -0.2) is 0 Å². The van der Waals surface area contributed by atoms with Crippen molar-refractivity contribution in [3.8, 4) is 0 Å². The molecule has 33 valence electrons. The maximum atomic E-state index is 5.52. The zero-order valence-corrected chi connectivity index (χ0v) is 6.35. The third kappa shape index (κ3) is 3.76. The van der Waals surface area contributed by atoms with E-state index >= 15 is 0 Å². The SMILES string of the molecule is [B][B]B([B])B(B([B])[B])B([B])[B]. The first-order valence-corrected chi connectivity index (χ1v) is 3.33. The molecule has 0 fully saturated rings. The topological polar surface area (TPSA) is 0 Å². The summed E-state index contributed by atoms with van der Waals surface area (Å²) in [5.74, 6) is 0. The lowest BCUT2D eigenvalue weighted by atomic mass is 8.56. The quantitative estimate of drug-likeness (QED) is 0.329. The van der Waals surface area contributed by atoms with Crippen molar-refractivity contribution in [1.29, 1.82) is 0 Å². The summed E-state index contributed by atoms with van der Waals surface area (Å²) in [7, 11) is 33.5. The van der Waals surface area contributed by atoms with Crippen LogP contribution >= 0.6 is 0 Å². The fourth-order valence-electron chi connectivity index (χ4n) is 0.898. The van der Waals surface area contributed by atoms with Crippen LogP contribution in [0.15, 0.2) is 0 Å². The highest BCUT2D eigenvalue weighted by atomic mass is 13.1. The minimum Gasteiger partial charge on any atom is 0 e. The van der Waals surface area contributed by atoms with Gasteiger partial charge in [0.2, 0.25) is 0 Å². The zero-order valence-electron chi connectivity index (χ0n) is 6.35. The van der Waals surface area contributed by atoms with E-state index in [0.717, 1.165) is 0 Å². The molecule has 0 aromatic rings. The summed E-state index contributed by atoms with van der Waals surface area (Å²) in [5.41, 5.74) is 0. The van der Waals surface area contributed by atoms with Crippen molar-refractivity contribution in [2.75, 3.05) is 0 Å². The average Bonchev–Trinajstić information content (AvgIpc) is 1.85. The smallest absolute Gasteiger partial charge is 0 e. The second-order valence-corrected chi connectivity index (χ2v) is 2.50. The van der Waals surface area contributed by atoms with Crippen LogP contribution < -0.4 is 0 Å². The first kappa shape index (κ1) is 11.7. The van der Waals surface area contributed by atoms with Gasteiger partial charge in [-0.3, -0.25) is 0 Å². The van der Waals surface area contributed by atoms with Gasteiger partial charge >= 0.3 is 0 Å². The van der Waals surface area contributed by atoms with Crippen LogP contribution in [0.3, 0.4) is 0 Å². The van der Waals surface area contributed by atoms with Gasteiger partial charge in [-0.15, -0.1) is 0 Å². The lowest BCUT2D eigenvalue weighted by molar-refractivity contribution is 3.50. The lowest BCUT2D eigenvalue weighted by Gasteiger charge is -2.25. The minimum atomic E-state index is -0.648. The van der Waals surface area contributed by atoms with E-state index in [-0.39, 0.29) is 6.39 Å². The Morgan fingerprint density at radius 2 is 1.18 bits per heavy atom. The fourth-order valence-corrected chi connectivity index (χ4v) is 0.898. The van der Waals surface area contributed by atoms with E-state index in [9.17, 15) is 0 Å². The summed E-state index contributed by atoms with van der Waals surface area (Å²) in [6.07, 6.45) is -2.15. The molecule has 13 radical (unpaired) electrons. The van der Waals surface area contributed by atoms with Gasteiger partial charge in [0, 0.05) is 79.0 Å². The molecule has 0 saturated carbocycles. The van der Waals surface area contributed by atoms with Crippen LogP contribution in [0.1, 0.15) is 0 Å². The summed E-state index contributed by atoms with van der Waals surface area (Å²) in [6.45, 7) is 0. The highest BCUT2D eigenvalue weighted by Gasteiger charge is 2.26. The maximum Gasteiger partial charge on any atom is 0 e. The van der Waals surface area contributed by atoms with Gasteiger partial charge in [0.1, 0.15) is 0 Å². The molecule has 0 amide bonds. The highest BCUT2D eigenvalue weighted by molar-refractivity contribution is 8.01. The Kier molecular flexibility index (Phi) is 5.72. The van der Waals surface area contributed by atoms with E-state index in [0.29, 0.717) is 0 Å². The first-order chi connectivity index (χ1) is 5.00. The molecule has 11 heteroatoms. The van der Waals surface area contributed by atoms with E-state index in [4.69, 9.17) is 46.4 Å². The molecule has 0 aromatic heterocycles. The van der Waals surface area contributed by atoms with Crippen molar-refractivity contribution in [1.82, 2.24) is 0 Å². The standard InChI is InChI=1S/B11/c1-7-10(6)11(8(2)3)9(4)5. The van der Waals surface area contributed by atoms with E-state index in [1.807, 2.05) is 0 Å². The third-order valence-corrected chi connectivity index (χ3v) is 1.56. The molecule has 0 aliphatic rings. The first-order valence-electron chi connectivity index (χ1n) is 3.33. The van der Waals surface area contributed by atoms with E-state index < -0.39 is 19.2 Å². The largest absolute Gasteiger partial charge is 0 e. The van der Waals surface area contributed by atoms with Crippen LogP contribution in [0.25, 0.3) is 0 Å². The minimum absolute atomic E-state index is 0.389. The Morgan fingerprint density at radius 3 is 1.27 bits per heavy atom. The predicted octanol–water partition coefficient (Wildman–Crippen LogP) is -4.19. The van der Waals surface area contributed by atoms with Gasteiger partial charge in [0.25, 0.3) is 0 Å². The molecular formula is B11. The molecule has 0 spiro atoms. The second kappa shape index (κ2) is 5.38. The Bertz CT molecular complexity index is 84.2. The number of rotatable bonds is 4. The Labute approximate surface area is 79.4 Å². The van der Waals surface area contributed by atoms with Crippen molar-refractivity contribution in [2.45, 2.75) is 0 Å². The van der Waals surface area contributed by atoms with Crippen LogP contribution in [0.4, 0.5) is 0 Å². The monoisotopic (exact) mass is 121 g/mol. The molecule has 0 saturated heterocycles. The van der Waals surface area contributed by atoms with Crippen molar-refractivity contribution < 1.29 is 0 Å². The summed E-state index contributed by atoms with van der Waals surface area (Å²) < 4.78 is 0. The third-order valence-electron chi connectivity index (χ3n) is 1.56. The summed E-state index contributed by atoms with van der Waals surface area (Å²) >= 11 is 0. The highest BCUT2D eigenvalue weighted by Crippen LogP contribution is 1.88. The molecule has 0 nitrogen and oxygen atoms in total. The molecule has 0 N–H and O–H groups in total. The molecule has 0 heterocycles. The summed E-state index contributed by atoms with van der Waals surface area (Å²) in [4.78, 5) is 0. The van der Waals surface area contributed by atoms with Gasteiger partial charge in [-0.05, 0) is 0 Å². The van der Waals surface area contributed by atoms with Crippen LogP contribution in [-0.2, 0) is 0 Å². The number of hydrogen-bond donors (Lipinski definition) is 0. The normalized spacial score (nSPS) is 8.36.